The molecule has 0 saturated carbocycles. The van der Waals surface area contributed by atoms with Crippen molar-refractivity contribution < 1.29 is 21.2 Å². The van der Waals surface area contributed by atoms with E-state index in [1.165, 1.54) is 0 Å². The maximum atomic E-state index is 11.0. The topological polar surface area (TPSA) is 52.6 Å². The van der Waals surface area contributed by atoms with Crippen LogP contribution in [0.4, 0.5) is 4.39 Å². The van der Waals surface area contributed by atoms with Crippen molar-refractivity contribution in [3.63, 3.8) is 0 Å². The summed E-state index contributed by atoms with van der Waals surface area (Å²) in [7, 11) is -3.16. The van der Waals surface area contributed by atoms with E-state index in [-0.39, 0.29) is 0 Å². The molecule has 0 aromatic rings. The summed E-state index contributed by atoms with van der Waals surface area (Å²) in [5.74, 6) is 0. The molecule has 0 amide bonds. The van der Waals surface area contributed by atoms with E-state index in [1.807, 2.05) is 0 Å². The summed E-state index contributed by atoms with van der Waals surface area (Å²) in [6.45, 7) is -1.39. The van der Waals surface area contributed by atoms with Gasteiger partial charge >= 0.3 is 10.4 Å². The molecule has 0 bridgehead atoms. The molecule has 0 saturated heterocycles. The minimum Gasteiger partial charge on any atom is -0.251 e. The van der Waals surface area contributed by atoms with Crippen molar-refractivity contribution in [3.05, 3.63) is 0 Å². The third-order valence-electron chi connectivity index (χ3n) is 0.393. The van der Waals surface area contributed by atoms with E-state index in [9.17, 15) is 12.8 Å². The van der Waals surface area contributed by atoms with Gasteiger partial charge in [0.05, 0.1) is 7.11 Å². The van der Waals surface area contributed by atoms with Gasteiger partial charge in [0.1, 0.15) is 0 Å². The predicted molar refractivity (Wildman–Crippen MR) is 23.0 cm³/mol. The molecule has 0 aliphatic carbocycles. The van der Waals surface area contributed by atoms with Gasteiger partial charge in [-0.15, -0.1) is 0 Å². The van der Waals surface area contributed by atoms with E-state index in [0.717, 1.165) is 7.11 Å². The molecule has 0 N–H and O–H groups in total. The number of halogens is 1. The summed E-state index contributed by atoms with van der Waals surface area (Å²) in [6.07, 6.45) is 0. The second-order valence-corrected chi connectivity index (χ2v) is 2.19. The van der Waals surface area contributed by atoms with E-state index >= 15 is 0 Å². The Morgan fingerprint density at radius 1 is 1.62 bits per heavy atom. The van der Waals surface area contributed by atoms with Crippen LogP contribution in [0.1, 0.15) is 0 Å². The minimum absolute atomic E-state index is 0.880. The van der Waals surface area contributed by atoms with E-state index in [2.05, 4.69) is 8.37 Å². The lowest BCUT2D eigenvalue weighted by molar-refractivity contribution is 0.164. The van der Waals surface area contributed by atoms with Crippen molar-refractivity contribution in [2.45, 2.75) is 0 Å². The summed E-state index contributed by atoms with van der Waals surface area (Å²) in [5.41, 5.74) is 0. The maximum absolute atomic E-state index is 11.0. The molecule has 0 spiro atoms. The van der Waals surface area contributed by atoms with E-state index in [0.29, 0.717) is 0 Å². The number of alkyl halides is 1. The zero-order chi connectivity index (χ0) is 6.62. The molecule has 0 aliphatic rings. The zero-order valence-corrected chi connectivity index (χ0v) is 4.94. The van der Waals surface area contributed by atoms with Crippen LogP contribution < -0.4 is 0 Å². The summed E-state index contributed by atoms with van der Waals surface area (Å²) in [4.78, 5) is 0. The Bertz CT molecular complexity index is 138. The number of rotatable bonds is 3. The highest BCUT2D eigenvalue weighted by Gasteiger charge is 2.05. The van der Waals surface area contributed by atoms with Crippen molar-refractivity contribution >= 4 is 10.4 Å². The average molecular weight is 144 g/mol. The third kappa shape index (κ3) is 2.89. The van der Waals surface area contributed by atoms with Crippen molar-refractivity contribution in [3.8, 4) is 0 Å². The molecule has 0 heterocycles. The van der Waals surface area contributed by atoms with Gasteiger partial charge in [-0.2, -0.15) is 8.42 Å². The lowest BCUT2D eigenvalue weighted by Crippen LogP contribution is -2.05. The molecule has 0 rings (SSSR count). The molecule has 4 nitrogen and oxygen atoms in total. The second-order valence-electron chi connectivity index (χ2n) is 0.802. The Labute approximate surface area is 46.5 Å². The number of hydrogen-bond acceptors (Lipinski definition) is 4. The maximum Gasteiger partial charge on any atom is 0.402 e. The van der Waals surface area contributed by atoms with Gasteiger partial charge in [-0.1, -0.05) is 0 Å². The number of hydrogen-bond donors (Lipinski definition) is 0. The molecule has 0 aromatic carbocycles. The molecule has 0 fully saturated rings. The first-order chi connectivity index (χ1) is 3.62. The highest BCUT2D eigenvalue weighted by molar-refractivity contribution is 7.81. The molecule has 0 radical (unpaired) electrons. The van der Waals surface area contributed by atoms with Gasteiger partial charge in [0.25, 0.3) is 0 Å². The first-order valence-electron chi connectivity index (χ1n) is 1.63. The Balaban J connectivity index is 3.76. The Morgan fingerprint density at radius 3 is 2.25 bits per heavy atom. The van der Waals surface area contributed by atoms with Crippen LogP contribution in [-0.4, -0.2) is 22.4 Å². The summed E-state index contributed by atoms with van der Waals surface area (Å²) in [6, 6.07) is 0. The van der Waals surface area contributed by atoms with E-state index in [4.69, 9.17) is 0 Å². The normalized spacial score (nSPS) is 11.8. The Kier molecular flexibility index (Phi) is 2.88. The lowest BCUT2D eigenvalue weighted by atomic mass is 11.6. The van der Waals surface area contributed by atoms with Gasteiger partial charge in [0.2, 0.25) is 6.86 Å². The third-order valence-corrected chi connectivity index (χ3v) is 1.18. The highest BCUT2D eigenvalue weighted by Crippen LogP contribution is 1.90. The van der Waals surface area contributed by atoms with Gasteiger partial charge in [-0.05, 0) is 0 Å². The van der Waals surface area contributed by atoms with Crippen LogP contribution >= 0.6 is 0 Å². The van der Waals surface area contributed by atoms with Gasteiger partial charge in [-0.25, -0.2) is 8.57 Å². The van der Waals surface area contributed by atoms with Crippen LogP contribution in [-0.2, 0) is 18.8 Å². The molecule has 50 valence electrons. The first-order valence-corrected chi connectivity index (χ1v) is 2.96. The second kappa shape index (κ2) is 2.95. The van der Waals surface area contributed by atoms with Crippen molar-refractivity contribution in [1.82, 2.24) is 0 Å². The highest BCUT2D eigenvalue weighted by atomic mass is 32.3. The van der Waals surface area contributed by atoms with Crippen LogP contribution in [0.15, 0.2) is 0 Å². The van der Waals surface area contributed by atoms with Crippen molar-refractivity contribution in [1.29, 1.82) is 0 Å². The van der Waals surface area contributed by atoms with Crippen LogP contribution in [0.3, 0.4) is 0 Å². The molecule has 0 atom stereocenters. The summed E-state index contributed by atoms with van der Waals surface area (Å²) in [5, 5.41) is 0. The van der Waals surface area contributed by atoms with Crippen LogP contribution in [0.25, 0.3) is 0 Å². The average Bonchev–Trinajstić information content (AvgIpc) is 1.67. The predicted octanol–water partition coefficient (Wildman–Crippen LogP) is -0.179. The molecule has 0 unspecified atom stereocenters. The molecular weight excluding hydrogens is 139 g/mol. The Hall–Kier alpha value is -0.200. The zero-order valence-electron chi connectivity index (χ0n) is 4.13. The quantitative estimate of drug-likeness (QED) is 0.551. The van der Waals surface area contributed by atoms with Crippen LogP contribution in [0, 0.1) is 0 Å². The largest absolute Gasteiger partial charge is 0.402 e. The van der Waals surface area contributed by atoms with Gasteiger partial charge < -0.3 is 0 Å². The van der Waals surface area contributed by atoms with Crippen LogP contribution in [0.5, 0.6) is 0 Å². The fourth-order valence-electron chi connectivity index (χ4n) is 0.103. The molecule has 6 heteroatoms. The van der Waals surface area contributed by atoms with Crippen molar-refractivity contribution in [2.75, 3.05) is 14.0 Å². The van der Waals surface area contributed by atoms with Crippen LogP contribution in [0.2, 0.25) is 0 Å². The SMILES string of the molecule is COS(=O)(=O)OCF. The van der Waals surface area contributed by atoms with Gasteiger partial charge in [0, 0.05) is 0 Å². The first kappa shape index (κ1) is 7.80. The summed E-state index contributed by atoms with van der Waals surface area (Å²) >= 11 is 0. The monoisotopic (exact) mass is 144 g/mol. The fourth-order valence-corrected chi connectivity index (χ4v) is 0.308. The molecule has 8 heavy (non-hydrogen) atoms. The standard InChI is InChI=1S/C2H5FO4S/c1-6-8(4,5)7-2-3/h2H2,1H3. The summed E-state index contributed by atoms with van der Waals surface area (Å²) < 4.78 is 38.0. The van der Waals surface area contributed by atoms with Gasteiger partial charge in [0.15, 0.2) is 0 Å². The lowest BCUT2D eigenvalue weighted by Gasteiger charge is -1.93. The molecule has 0 aliphatic heterocycles. The van der Waals surface area contributed by atoms with E-state index in [1.54, 1.807) is 0 Å². The van der Waals surface area contributed by atoms with Crippen molar-refractivity contribution in [2.24, 2.45) is 0 Å². The van der Waals surface area contributed by atoms with Gasteiger partial charge in [-0.3, -0.25) is 4.18 Å². The Morgan fingerprint density at radius 2 is 2.12 bits per heavy atom. The molecular formula is C2H5FO4S. The fraction of sp³-hybridized carbons (Fsp3) is 1.00. The minimum atomic E-state index is -4.04. The molecule has 0 aromatic heterocycles. The smallest absolute Gasteiger partial charge is 0.251 e. The van der Waals surface area contributed by atoms with E-state index < -0.39 is 17.3 Å².